The Bertz CT molecular complexity index is 394. The second-order valence-electron chi connectivity index (χ2n) is 3.29. The minimum atomic E-state index is -0.287. The Balaban J connectivity index is 2.98. The normalized spacial score (nSPS) is 11.1. The lowest BCUT2D eigenvalue weighted by atomic mass is 10.1. The van der Waals surface area contributed by atoms with Gasteiger partial charge in [0.1, 0.15) is 5.75 Å². The molecule has 3 heteroatoms. The van der Waals surface area contributed by atoms with Crippen LogP contribution in [0.25, 0.3) is 6.08 Å². The molecular formula is C13H16O3. The first-order chi connectivity index (χ1) is 7.71. The first-order valence-electron chi connectivity index (χ1n) is 5.14. The van der Waals surface area contributed by atoms with Gasteiger partial charge in [0.2, 0.25) is 0 Å². The molecule has 0 radical (unpaired) electrons. The maximum Gasteiger partial charge on any atom is 0.333 e. The van der Waals surface area contributed by atoms with Crippen molar-refractivity contribution in [2.24, 2.45) is 0 Å². The number of hydrogen-bond donors (Lipinski definition) is 0. The Morgan fingerprint density at radius 2 is 2.12 bits per heavy atom. The quantitative estimate of drug-likeness (QED) is 0.578. The number of ether oxygens (including phenoxy) is 2. The standard InChI is InChI=1S/C13H16O3/c1-4-11(13(14)16-3)8-10-6-5-7-12(9-10)15-2/h5-9H,4H2,1-3H3/b11-8+. The van der Waals surface area contributed by atoms with Crippen molar-refractivity contribution < 1.29 is 14.3 Å². The van der Waals surface area contributed by atoms with Crippen LogP contribution < -0.4 is 4.74 Å². The number of benzene rings is 1. The molecule has 0 heterocycles. The highest BCUT2D eigenvalue weighted by atomic mass is 16.5. The van der Waals surface area contributed by atoms with Gasteiger partial charge in [-0.25, -0.2) is 4.79 Å². The number of rotatable bonds is 4. The van der Waals surface area contributed by atoms with Crippen molar-refractivity contribution in [3.05, 3.63) is 35.4 Å². The average Bonchev–Trinajstić information content (AvgIpc) is 2.35. The van der Waals surface area contributed by atoms with Crippen LogP contribution in [0.15, 0.2) is 29.8 Å². The fourth-order valence-electron chi connectivity index (χ4n) is 1.37. The molecule has 0 aliphatic heterocycles. The van der Waals surface area contributed by atoms with Gasteiger partial charge < -0.3 is 9.47 Å². The summed E-state index contributed by atoms with van der Waals surface area (Å²) in [5, 5.41) is 0. The molecule has 0 atom stereocenters. The van der Waals surface area contributed by atoms with E-state index in [9.17, 15) is 4.79 Å². The van der Waals surface area contributed by atoms with Crippen molar-refractivity contribution in [1.29, 1.82) is 0 Å². The minimum absolute atomic E-state index is 0.287. The van der Waals surface area contributed by atoms with Gasteiger partial charge in [0, 0.05) is 5.57 Å². The van der Waals surface area contributed by atoms with Gasteiger partial charge in [-0.1, -0.05) is 19.1 Å². The van der Waals surface area contributed by atoms with Gasteiger partial charge in [0.25, 0.3) is 0 Å². The largest absolute Gasteiger partial charge is 0.497 e. The summed E-state index contributed by atoms with van der Waals surface area (Å²) in [5.74, 6) is 0.486. The number of esters is 1. The van der Waals surface area contributed by atoms with Crippen LogP contribution in [0, 0.1) is 0 Å². The van der Waals surface area contributed by atoms with E-state index in [1.165, 1.54) is 7.11 Å². The summed E-state index contributed by atoms with van der Waals surface area (Å²) < 4.78 is 9.80. The summed E-state index contributed by atoms with van der Waals surface area (Å²) in [6, 6.07) is 7.54. The molecular weight excluding hydrogens is 204 g/mol. The summed E-state index contributed by atoms with van der Waals surface area (Å²) in [5.41, 5.74) is 1.58. The van der Waals surface area contributed by atoms with Crippen LogP contribution >= 0.6 is 0 Å². The van der Waals surface area contributed by atoms with Crippen LogP contribution in [0.4, 0.5) is 0 Å². The van der Waals surface area contributed by atoms with E-state index < -0.39 is 0 Å². The molecule has 86 valence electrons. The van der Waals surface area contributed by atoms with Gasteiger partial charge in [0.05, 0.1) is 14.2 Å². The molecule has 0 amide bonds. The van der Waals surface area contributed by atoms with Gasteiger partial charge >= 0.3 is 5.97 Å². The molecule has 0 bridgehead atoms. The Kier molecular flexibility index (Phi) is 4.58. The van der Waals surface area contributed by atoms with E-state index in [4.69, 9.17) is 9.47 Å². The fourth-order valence-corrected chi connectivity index (χ4v) is 1.37. The van der Waals surface area contributed by atoms with Crippen LogP contribution in [0.3, 0.4) is 0 Å². The van der Waals surface area contributed by atoms with E-state index >= 15 is 0 Å². The molecule has 0 spiro atoms. The molecule has 0 saturated carbocycles. The minimum Gasteiger partial charge on any atom is -0.497 e. The molecule has 3 nitrogen and oxygen atoms in total. The SMILES string of the molecule is CC/C(=C\c1cccc(OC)c1)C(=O)OC. The molecule has 0 aliphatic rings. The summed E-state index contributed by atoms with van der Waals surface area (Å²) >= 11 is 0. The van der Waals surface area contributed by atoms with E-state index in [0.717, 1.165) is 11.3 Å². The first-order valence-corrected chi connectivity index (χ1v) is 5.14. The number of carbonyl (C=O) groups excluding carboxylic acids is 1. The lowest BCUT2D eigenvalue weighted by Crippen LogP contribution is -2.03. The second kappa shape index (κ2) is 5.95. The molecule has 0 saturated heterocycles. The number of carbonyl (C=O) groups is 1. The Morgan fingerprint density at radius 1 is 1.38 bits per heavy atom. The van der Waals surface area contributed by atoms with Crippen LogP contribution in [0.5, 0.6) is 5.75 Å². The number of methoxy groups -OCH3 is 2. The van der Waals surface area contributed by atoms with Gasteiger partial charge in [-0.15, -0.1) is 0 Å². The lowest BCUT2D eigenvalue weighted by molar-refractivity contribution is -0.136. The highest BCUT2D eigenvalue weighted by Gasteiger charge is 2.06. The molecule has 0 N–H and O–H groups in total. The van der Waals surface area contributed by atoms with Crippen LogP contribution in [-0.2, 0) is 9.53 Å². The third-order valence-corrected chi connectivity index (χ3v) is 2.26. The zero-order valence-corrected chi connectivity index (χ0v) is 9.82. The zero-order chi connectivity index (χ0) is 12.0. The predicted molar refractivity (Wildman–Crippen MR) is 63.3 cm³/mol. The molecule has 0 unspecified atom stereocenters. The highest BCUT2D eigenvalue weighted by molar-refractivity contribution is 5.93. The fraction of sp³-hybridized carbons (Fsp3) is 0.308. The Labute approximate surface area is 95.7 Å². The van der Waals surface area contributed by atoms with Crippen molar-refractivity contribution >= 4 is 12.0 Å². The number of hydrogen-bond acceptors (Lipinski definition) is 3. The van der Waals surface area contributed by atoms with Gasteiger partial charge in [0.15, 0.2) is 0 Å². The van der Waals surface area contributed by atoms with Crippen molar-refractivity contribution in [2.75, 3.05) is 14.2 Å². The second-order valence-corrected chi connectivity index (χ2v) is 3.29. The predicted octanol–water partition coefficient (Wildman–Crippen LogP) is 2.66. The zero-order valence-electron chi connectivity index (χ0n) is 9.82. The maximum atomic E-state index is 11.4. The van der Waals surface area contributed by atoms with E-state index in [2.05, 4.69) is 0 Å². The van der Waals surface area contributed by atoms with Crippen molar-refractivity contribution in [1.82, 2.24) is 0 Å². The summed E-state index contributed by atoms with van der Waals surface area (Å²) in [4.78, 5) is 11.4. The monoisotopic (exact) mass is 220 g/mol. The summed E-state index contributed by atoms with van der Waals surface area (Å²) in [7, 11) is 3.00. The molecule has 0 aromatic heterocycles. The molecule has 1 aromatic carbocycles. The smallest absolute Gasteiger partial charge is 0.333 e. The molecule has 16 heavy (non-hydrogen) atoms. The molecule has 1 aromatic rings. The molecule has 1 rings (SSSR count). The third-order valence-electron chi connectivity index (χ3n) is 2.26. The molecule has 0 aliphatic carbocycles. The summed E-state index contributed by atoms with van der Waals surface area (Å²) in [6.07, 6.45) is 2.46. The van der Waals surface area contributed by atoms with E-state index in [-0.39, 0.29) is 5.97 Å². The molecule has 0 fully saturated rings. The van der Waals surface area contributed by atoms with Crippen LogP contribution in [0.2, 0.25) is 0 Å². The van der Waals surface area contributed by atoms with E-state index in [1.54, 1.807) is 7.11 Å². The third kappa shape index (κ3) is 3.12. The van der Waals surface area contributed by atoms with Gasteiger partial charge in [-0.2, -0.15) is 0 Å². The van der Waals surface area contributed by atoms with E-state index in [1.807, 2.05) is 37.3 Å². The van der Waals surface area contributed by atoms with Crippen molar-refractivity contribution in [2.45, 2.75) is 13.3 Å². The lowest BCUT2D eigenvalue weighted by Gasteiger charge is -2.04. The Hall–Kier alpha value is -1.77. The van der Waals surface area contributed by atoms with Gasteiger partial charge in [-0.05, 0) is 30.2 Å². The van der Waals surface area contributed by atoms with Crippen LogP contribution in [-0.4, -0.2) is 20.2 Å². The Morgan fingerprint density at radius 3 is 2.69 bits per heavy atom. The van der Waals surface area contributed by atoms with Crippen LogP contribution in [0.1, 0.15) is 18.9 Å². The topological polar surface area (TPSA) is 35.5 Å². The van der Waals surface area contributed by atoms with Gasteiger partial charge in [-0.3, -0.25) is 0 Å². The first kappa shape index (κ1) is 12.3. The highest BCUT2D eigenvalue weighted by Crippen LogP contribution is 2.16. The van der Waals surface area contributed by atoms with E-state index in [0.29, 0.717) is 12.0 Å². The maximum absolute atomic E-state index is 11.4. The van der Waals surface area contributed by atoms with Crippen molar-refractivity contribution in [3.63, 3.8) is 0 Å². The average molecular weight is 220 g/mol. The summed E-state index contributed by atoms with van der Waals surface area (Å²) in [6.45, 7) is 1.92. The van der Waals surface area contributed by atoms with Crippen molar-refractivity contribution in [3.8, 4) is 5.75 Å².